The second-order valence-electron chi connectivity index (χ2n) is 2.40. The lowest BCUT2D eigenvalue weighted by Gasteiger charge is -2.04. The van der Waals surface area contributed by atoms with Gasteiger partial charge >= 0.3 is 0 Å². The standard InChI is InChI=1S/C10H9FO2/c1-2-5-13-10-4-3-9(11)6-8(10)7-12/h2-4,6-7H,1,5H2. The summed E-state index contributed by atoms with van der Waals surface area (Å²) in [7, 11) is 0. The van der Waals surface area contributed by atoms with Crippen LogP contribution in [0, 0.1) is 5.82 Å². The first kappa shape index (κ1) is 9.45. The summed E-state index contributed by atoms with van der Waals surface area (Å²) < 4.78 is 17.7. The molecule has 0 radical (unpaired) electrons. The van der Waals surface area contributed by atoms with Gasteiger partial charge in [0.1, 0.15) is 18.2 Å². The molecule has 0 bridgehead atoms. The smallest absolute Gasteiger partial charge is 0.153 e. The van der Waals surface area contributed by atoms with Gasteiger partial charge in [-0.2, -0.15) is 0 Å². The highest BCUT2D eigenvalue weighted by molar-refractivity contribution is 5.79. The summed E-state index contributed by atoms with van der Waals surface area (Å²) in [6.45, 7) is 3.76. The largest absolute Gasteiger partial charge is 0.489 e. The lowest BCUT2D eigenvalue weighted by molar-refractivity contribution is 0.111. The fraction of sp³-hybridized carbons (Fsp3) is 0.100. The van der Waals surface area contributed by atoms with Crippen LogP contribution in [0.4, 0.5) is 4.39 Å². The SMILES string of the molecule is C=CCOc1ccc(F)cc1C=O. The van der Waals surface area contributed by atoms with Gasteiger partial charge in [-0.3, -0.25) is 4.79 Å². The van der Waals surface area contributed by atoms with Gasteiger partial charge in [-0.25, -0.2) is 4.39 Å². The van der Waals surface area contributed by atoms with Gasteiger partial charge < -0.3 is 4.74 Å². The number of halogens is 1. The Morgan fingerprint density at radius 3 is 2.92 bits per heavy atom. The minimum atomic E-state index is -0.451. The highest BCUT2D eigenvalue weighted by Crippen LogP contribution is 2.17. The first-order chi connectivity index (χ1) is 6.27. The molecule has 1 aromatic rings. The Labute approximate surface area is 75.6 Å². The van der Waals surface area contributed by atoms with Crippen molar-refractivity contribution in [2.75, 3.05) is 6.61 Å². The normalized spacial score (nSPS) is 9.31. The van der Waals surface area contributed by atoms with Crippen molar-refractivity contribution in [3.8, 4) is 5.75 Å². The van der Waals surface area contributed by atoms with E-state index in [-0.39, 0.29) is 5.56 Å². The van der Waals surface area contributed by atoms with Crippen molar-refractivity contribution >= 4 is 6.29 Å². The number of ether oxygens (including phenoxy) is 1. The van der Waals surface area contributed by atoms with Gasteiger partial charge in [0.25, 0.3) is 0 Å². The predicted octanol–water partition coefficient (Wildman–Crippen LogP) is 2.20. The molecule has 1 aromatic carbocycles. The highest BCUT2D eigenvalue weighted by atomic mass is 19.1. The van der Waals surface area contributed by atoms with Crippen molar-refractivity contribution in [2.24, 2.45) is 0 Å². The minimum absolute atomic E-state index is 0.210. The summed E-state index contributed by atoms with van der Waals surface area (Å²) in [5, 5.41) is 0. The maximum Gasteiger partial charge on any atom is 0.153 e. The van der Waals surface area contributed by atoms with Crippen LogP contribution in [0.2, 0.25) is 0 Å². The summed E-state index contributed by atoms with van der Waals surface area (Å²) in [5.74, 6) is -0.0793. The maximum absolute atomic E-state index is 12.6. The summed E-state index contributed by atoms with van der Waals surface area (Å²) in [4.78, 5) is 10.5. The van der Waals surface area contributed by atoms with Crippen molar-refractivity contribution < 1.29 is 13.9 Å². The van der Waals surface area contributed by atoms with Gasteiger partial charge in [0, 0.05) is 0 Å². The zero-order chi connectivity index (χ0) is 9.68. The van der Waals surface area contributed by atoms with Crippen LogP contribution in [0.3, 0.4) is 0 Å². The van der Waals surface area contributed by atoms with Crippen molar-refractivity contribution in [3.63, 3.8) is 0 Å². The number of carbonyl (C=O) groups is 1. The highest BCUT2D eigenvalue weighted by Gasteiger charge is 2.02. The Morgan fingerprint density at radius 1 is 1.54 bits per heavy atom. The Kier molecular flexibility index (Phi) is 3.20. The number of aldehydes is 1. The van der Waals surface area contributed by atoms with Crippen LogP contribution in [0.15, 0.2) is 30.9 Å². The third kappa shape index (κ3) is 2.40. The number of benzene rings is 1. The molecule has 3 heteroatoms. The molecule has 0 aromatic heterocycles. The summed E-state index contributed by atoms with van der Waals surface area (Å²) in [5.41, 5.74) is 0.210. The molecule has 0 fully saturated rings. The van der Waals surface area contributed by atoms with E-state index in [1.165, 1.54) is 12.1 Å². The minimum Gasteiger partial charge on any atom is -0.489 e. The van der Waals surface area contributed by atoms with E-state index >= 15 is 0 Å². The molecule has 0 spiro atoms. The lowest BCUT2D eigenvalue weighted by atomic mass is 10.2. The van der Waals surface area contributed by atoms with Crippen molar-refractivity contribution in [2.45, 2.75) is 0 Å². The van der Waals surface area contributed by atoms with Gasteiger partial charge in [0.2, 0.25) is 0 Å². The van der Waals surface area contributed by atoms with E-state index in [1.54, 1.807) is 6.08 Å². The average molecular weight is 180 g/mol. The summed E-state index contributed by atoms with van der Waals surface area (Å²) in [6.07, 6.45) is 2.11. The fourth-order valence-electron chi connectivity index (χ4n) is 0.892. The van der Waals surface area contributed by atoms with Gasteiger partial charge in [0.05, 0.1) is 5.56 Å². The first-order valence-electron chi connectivity index (χ1n) is 3.76. The van der Waals surface area contributed by atoms with Gasteiger partial charge in [-0.1, -0.05) is 12.7 Å². The summed E-state index contributed by atoms with van der Waals surface area (Å²) >= 11 is 0. The summed E-state index contributed by atoms with van der Waals surface area (Å²) in [6, 6.07) is 3.79. The Morgan fingerprint density at radius 2 is 2.31 bits per heavy atom. The van der Waals surface area contributed by atoms with Crippen LogP contribution in [0.25, 0.3) is 0 Å². The van der Waals surface area contributed by atoms with Crippen LogP contribution < -0.4 is 4.74 Å². The van der Waals surface area contributed by atoms with Crippen LogP contribution in [-0.4, -0.2) is 12.9 Å². The second kappa shape index (κ2) is 4.40. The molecule has 1 rings (SSSR count). The Hall–Kier alpha value is -1.64. The first-order valence-corrected chi connectivity index (χ1v) is 3.76. The zero-order valence-corrected chi connectivity index (χ0v) is 7.00. The average Bonchev–Trinajstić information content (AvgIpc) is 2.16. The van der Waals surface area contributed by atoms with Gasteiger partial charge in [-0.15, -0.1) is 0 Å². The monoisotopic (exact) mass is 180 g/mol. The molecule has 0 saturated carbocycles. The molecule has 0 saturated heterocycles. The molecule has 0 heterocycles. The van der Waals surface area contributed by atoms with Crippen molar-refractivity contribution in [3.05, 3.63) is 42.2 Å². The van der Waals surface area contributed by atoms with E-state index in [4.69, 9.17) is 4.74 Å². The molecule has 0 aliphatic rings. The molecule has 68 valence electrons. The van der Waals surface area contributed by atoms with E-state index < -0.39 is 5.82 Å². The van der Waals surface area contributed by atoms with E-state index in [2.05, 4.69) is 6.58 Å². The third-order valence-electron chi connectivity index (χ3n) is 1.46. The molecule has 0 aliphatic heterocycles. The molecule has 0 atom stereocenters. The third-order valence-corrected chi connectivity index (χ3v) is 1.46. The molecule has 2 nitrogen and oxygen atoms in total. The quantitative estimate of drug-likeness (QED) is 0.524. The molecule has 13 heavy (non-hydrogen) atoms. The number of carbonyl (C=O) groups excluding carboxylic acids is 1. The molecule has 0 amide bonds. The molecule has 0 N–H and O–H groups in total. The van der Waals surface area contributed by atoms with Crippen molar-refractivity contribution in [1.29, 1.82) is 0 Å². The van der Waals surface area contributed by atoms with E-state index in [0.29, 0.717) is 18.6 Å². The molecular weight excluding hydrogens is 171 g/mol. The van der Waals surface area contributed by atoms with Crippen LogP contribution in [-0.2, 0) is 0 Å². The van der Waals surface area contributed by atoms with Crippen LogP contribution >= 0.6 is 0 Å². The van der Waals surface area contributed by atoms with Crippen LogP contribution in [0.5, 0.6) is 5.75 Å². The molecule has 0 unspecified atom stereocenters. The number of hydrogen-bond donors (Lipinski definition) is 0. The van der Waals surface area contributed by atoms with E-state index in [0.717, 1.165) is 6.07 Å². The van der Waals surface area contributed by atoms with E-state index in [9.17, 15) is 9.18 Å². The number of rotatable bonds is 4. The van der Waals surface area contributed by atoms with Gasteiger partial charge in [0.15, 0.2) is 6.29 Å². The van der Waals surface area contributed by atoms with Crippen molar-refractivity contribution in [1.82, 2.24) is 0 Å². The van der Waals surface area contributed by atoms with Crippen LogP contribution in [0.1, 0.15) is 10.4 Å². The fourth-order valence-corrected chi connectivity index (χ4v) is 0.892. The Balaban J connectivity index is 2.91. The number of hydrogen-bond acceptors (Lipinski definition) is 2. The van der Waals surface area contributed by atoms with E-state index in [1.807, 2.05) is 0 Å². The predicted molar refractivity (Wildman–Crippen MR) is 47.5 cm³/mol. The Bertz CT molecular complexity index is 321. The topological polar surface area (TPSA) is 26.3 Å². The van der Waals surface area contributed by atoms with Gasteiger partial charge in [-0.05, 0) is 18.2 Å². The molecule has 0 aliphatic carbocycles. The molecular formula is C10H9FO2. The maximum atomic E-state index is 12.6. The lowest BCUT2D eigenvalue weighted by Crippen LogP contribution is -1.97. The zero-order valence-electron chi connectivity index (χ0n) is 7.00. The second-order valence-corrected chi connectivity index (χ2v) is 2.40.